The van der Waals surface area contributed by atoms with Gasteiger partial charge < -0.3 is 26.2 Å². The fourth-order valence-electron chi connectivity index (χ4n) is 5.58. The van der Waals surface area contributed by atoms with E-state index in [-0.39, 0.29) is 35.3 Å². The topological polar surface area (TPSA) is 178 Å². The Morgan fingerprint density at radius 1 is 1.15 bits per heavy atom. The number of phenols is 1. The molecule has 3 aliphatic carbocycles. The van der Waals surface area contributed by atoms with Crippen LogP contribution in [0.1, 0.15) is 39.6 Å². The minimum atomic E-state index is -2.68. The summed E-state index contributed by atoms with van der Waals surface area (Å²) < 4.78 is 0. The summed E-state index contributed by atoms with van der Waals surface area (Å²) in [5, 5.41) is 43.7. The number of phenolic OH excluding ortho intramolecular Hbond substituents is 1. The standard InChI is InChI=1S/C23H24N2O8/c1-8(26)10-4-5-13(27)15-11(10)6-9-7-12-17(25(2)3)19(29)16(22(24)32)21(31)23(12,33)20(30)14(9)18(15)28/h4-5,9,12,17,27,29-30,33H,6-7H2,1-3H3,(H2,24,32)/t9-,12?,17-,23-/m0/s1. The summed E-state index contributed by atoms with van der Waals surface area (Å²) in [6.45, 7) is 1.33. The largest absolute Gasteiger partial charge is 0.510 e. The third-order valence-electron chi connectivity index (χ3n) is 6.99. The number of allylic oxidation sites excluding steroid dienone is 1. The highest BCUT2D eigenvalue weighted by Crippen LogP contribution is 2.52. The summed E-state index contributed by atoms with van der Waals surface area (Å²) in [7, 11) is 3.11. The molecular formula is C23H24N2O8. The minimum absolute atomic E-state index is 0.0290. The number of aliphatic hydroxyl groups excluding tert-OH is 2. The lowest BCUT2D eigenvalue weighted by Crippen LogP contribution is -2.63. The Morgan fingerprint density at radius 2 is 1.79 bits per heavy atom. The van der Waals surface area contributed by atoms with Gasteiger partial charge in [0.05, 0.1) is 11.6 Å². The Bertz CT molecular complexity index is 1210. The van der Waals surface area contributed by atoms with Crippen LogP contribution < -0.4 is 5.73 Å². The molecule has 0 saturated carbocycles. The number of hydrogen-bond donors (Lipinski definition) is 5. The van der Waals surface area contributed by atoms with E-state index in [2.05, 4.69) is 0 Å². The SMILES string of the molecule is CC(=O)c1ccc(O)c2c1C[C@H]1CC3[C@H](N(C)C)C(O)=C(C(N)=O)C(=O)[C@@]3(O)C(O)=C1C2=O. The van der Waals surface area contributed by atoms with Crippen molar-refractivity contribution >= 4 is 23.3 Å². The number of amides is 1. The van der Waals surface area contributed by atoms with Crippen LogP contribution in [0.5, 0.6) is 5.75 Å². The molecule has 10 nitrogen and oxygen atoms in total. The van der Waals surface area contributed by atoms with Crippen molar-refractivity contribution in [3.05, 3.63) is 51.5 Å². The van der Waals surface area contributed by atoms with Gasteiger partial charge in [-0.2, -0.15) is 0 Å². The van der Waals surface area contributed by atoms with Gasteiger partial charge in [-0.15, -0.1) is 0 Å². The van der Waals surface area contributed by atoms with E-state index < -0.39 is 63.8 Å². The van der Waals surface area contributed by atoms with Crippen LogP contribution in [0, 0.1) is 11.8 Å². The second-order valence-corrected chi connectivity index (χ2v) is 9.01. The molecule has 0 saturated heterocycles. The molecule has 0 radical (unpaired) electrons. The molecule has 33 heavy (non-hydrogen) atoms. The summed E-state index contributed by atoms with van der Waals surface area (Å²) in [6, 6.07) is 1.55. The first-order valence-corrected chi connectivity index (χ1v) is 10.3. The molecule has 0 spiro atoms. The van der Waals surface area contributed by atoms with E-state index in [0.717, 1.165) is 0 Å². The monoisotopic (exact) mass is 456 g/mol. The molecule has 0 aromatic heterocycles. The number of aliphatic hydroxyl groups is 3. The van der Waals surface area contributed by atoms with Gasteiger partial charge in [0.15, 0.2) is 17.2 Å². The Labute approximate surface area is 188 Å². The molecule has 0 bridgehead atoms. The molecule has 10 heteroatoms. The number of ketones is 3. The number of hydrogen-bond acceptors (Lipinski definition) is 9. The van der Waals surface area contributed by atoms with Gasteiger partial charge in [0, 0.05) is 17.1 Å². The van der Waals surface area contributed by atoms with Crippen molar-refractivity contribution < 1.29 is 39.6 Å². The third kappa shape index (κ3) is 2.87. The van der Waals surface area contributed by atoms with Crippen molar-refractivity contribution in [1.82, 2.24) is 4.90 Å². The lowest BCUT2D eigenvalue weighted by atomic mass is 9.58. The van der Waals surface area contributed by atoms with Gasteiger partial charge >= 0.3 is 0 Å². The van der Waals surface area contributed by atoms with E-state index in [1.165, 1.54) is 24.0 Å². The lowest BCUT2D eigenvalue weighted by Gasteiger charge is -2.50. The maximum Gasteiger partial charge on any atom is 0.255 e. The number of benzene rings is 1. The molecule has 0 fully saturated rings. The summed E-state index contributed by atoms with van der Waals surface area (Å²) >= 11 is 0. The fourth-order valence-corrected chi connectivity index (χ4v) is 5.58. The molecule has 4 rings (SSSR count). The molecule has 4 atom stereocenters. The first kappa shape index (κ1) is 22.7. The molecular weight excluding hydrogens is 432 g/mol. The average Bonchev–Trinajstić information content (AvgIpc) is 2.70. The molecule has 1 aromatic carbocycles. The van der Waals surface area contributed by atoms with Gasteiger partial charge in [-0.1, -0.05) is 0 Å². The van der Waals surface area contributed by atoms with Gasteiger partial charge in [-0.3, -0.25) is 24.1 Å². The van der Waals surface area contributed by atoms with Gasteiger partial charge in [0.2, 0.25) is 5.78 Å². The zero-order valence-corrected chi connectivity index (χ0v) is 18.2. The van der Waals surface area contributed by atoms with Crippen LogP contribution in [0.15, 0.2) is 34.8 Å². The van der Waals surface area contributed by atoms with Crippen molar-refractivity contribution in [2.45, 2.75) is 31.4 Å². The highest BCUT2D eigenvalue weighted by Gasteiger charge is 2.63. The lowest BCUT2D eigenvalue weighted by molar-refractivity contribution is -0.148. The van der Waals surface area contributed by atoms with Crippen molar-refractivity contribution in [2.75, 3.05) is 14.1 Å². The van der Waals surface area contributed by atoms with Crippen LogP contribution >= 0.6 is 0 Å². The second kappa shape index (κ2) is 7.26. The van der Waals surface area contributed by atoms with Gasteiger partial charge in [0.1, 0.15) is 22.8 Å². The molecule has 1 aromatic rings. The Morgan fingerprint density at radius 3 is 2.33 bits per heavy atom. The van der Waals surface area contributed by atoms with Crippen LogP contribution in [0.3, 0.4) is 0 Å². The quantitative estimate of drug-likeness (QED) is 0.316. The number of Topliss-reactive ketones (excluding diaryl/α,β-unsaturated/α-hetero) is 3. The molecule has 0 aliphatic heterocycles. The maximum atomic E-state index is 13.4. The van der Waals surface area contributed by atoms with Gasteiger partial charge in [-0.05, 0) is 57.5 Å². The molecule has 3 aliphatic rings. The van der Waals surface area contributed by atoms with Crippen LogP contribution in [-0.2, 0) is 16.0 Å². The minimum Gasteiger partial charge on any atom is -0.510 e. The zero-order valence-electron chi connectivity index (χ0n) is 18.2. The smallest absolute Gasteiger partial charge is 0.255 e. The van der Waals surface area contributed by atoms with Gasteiger partial charge in [0.25, 0.3) is 5.91 Å². The average molecular weight is 456 g/mol. The highest BCUT2D eigenvalue weighted by molar-refractivity contribution is 6.25. The number of carbonyl (C=O) groups excluding carboxylic acids is 4. The van der Waals surface area contributed by atoms with Crippen molar-refractivity contribution in [3.8, 4) is 5.75 Å². The summed E-state index contributed by atoms with van der Waals surface area (Å²) in [6.07, 6.45) is 0.0522. The summed E-state index contributed by atoms with van der Waals surface area (Å²) in [4.78, 5) is 52.1. The van der Waals surface area contributed by atoms with Crippen LogP contribution in [0.2, 0.25) is 0 Å². The van der Waals surface area contributed by atoms with E-state index in [1.807, 2.05) is 0 Å². The highest BCUT2D eigenvalue weighted by atomic mass is 16.3. The first-order chi connectivity index (χ1) is 15.3. The first-order valence-electron chi connectivity index (χ1n) is 10.3. The predicted molar refractivity (Wildman–Crippen MR) is 114 cm³/mol. The summed E-state index contributed by atoms with van der Waals surface area (Å²) in [5.41, 5.74) is 1.88. The number of primary amides is 1. The number of nitrogens with two attached hydrogens (primary N) is 1. The van der Waals surface area contributed by atoms with Crippen molar-refractivity contribution in [2.24, 2.45) is 17.6 Å². The Balaban J connectivity index is 1.99. The third-order valence-corrected chi connectivity index (χ3v) is 6.99. The number of aromatic hydroxyl groups is 1. The van der Waals surface area contributed by atoms with Crippen LogP contribution in [0.25, 0.3) is 0 Å². The second-order valence-electron chi connectivity index (χ2n) is 9.01. The normalized spacial score (nSPS) is 29.1. The van der Waals surface area contributed by atoms with Crippen molar-refractivity contribution in [1.29, 1.82) is 0 Å². The van der Waals surface area contributed by atoms with Gasteiger partial charge in [-0.25, -0.2) is 0 Å². The van der Waals surface area contributed by atoms with E-state index in [1.54, 1.807) is 14.1 Å². The number of fused-ring (bicyclic) bond motifs is 3. The van der Waals surface area contributed by atoms with E-state index >= 15 is 0 Å². The van der Waals surface area contributed by atoms with E-state index in [9.17, 15) is 39.6 Å². The fraction of sp³-hybridized carbons (Fsp3) is 0.391. The Hall–Kier alpha value is -3.50. The summed E-state index contributed by atoms with van der Waals surface area (Å²) in [5.74, 6) is -7.49. The van der Waals surface area contributed by atoms with Crippen LogP contribution in [-0.4, -0.2) is 74.3 Å². The maximum absolute atomic E-state index is 13.4. The molecule has 0 heterocycles. The molecule has 6 N–H and O–H groups in total. The number of carbonyl (C=O) groups is 4. The van der Waals surface area contributed by atoms with E-state index in [4.69, 9.17) is 5.73 Å². The van der Waals surface area contributed by atoms with Crippen LogP contribution in [0.4, 0.5) is 0 Å². The predicted octanol–water partition coefficient (Wildman–Crippen LogP) is 0.323. The zero-order chi connectivity index (χ0) is 24.6. The number of rotatable bonds is 3. The molecule has 174 valence electrons. The number of likely N-dealkylation sites (N-methyl/N-ethyl adjacent to an activating group) is 1. The molecule has 1 unspecified atom stereocenters. The Kier molecular flexibility index (Phi) is 4.99. The number of nitrogens with zero attached hydrogens (tertiary/aromatic N) is 1. The van der Waals surface area contributed by atoms with E-state index in [0.29, 0.717) is 5.56 Å². The molecule has 1 amide bonds. The van der Waals surface area contributed by atoms with Crippen molar-refractivity contribution in [3.63, 3.8) is 0 Å².